The summed E-state index contributed by atoms with van der Waals surface area (Å²) >= 11 is 0. The standard InChI is InChI=1S/C23H33N9O2/c1-5-34-13-12-32-20-18(19(30-32)22(33)26-16-7-9-24-10-8-16)28-23(31(3)4)29-21(20)27-17-14-15(2)6-11-25-17/h6,11,14,16,24H,5,7-10,12-13H2,1-4H3,(H,26,33)(H,25,27,28,29). The summed E-state index contributed by atoms with van der Waals surface area (Å²) in [6.07, 6.45) is 3.52. The molecule has 0 aromatic carbocycles. The van der Waals surface area contributed by atoms with E-state index in [1.54, 1.807) is 15.8 Å². The summed E-state index contributed by atoms with van der Waals surface area (Å²) in [7, 11) is 3.73. The molecule has 0 spiro atoms. The predicted molar refractivity (Wildman–Crippen MR) is 132 cm³/mol. The molecule has 0 aliphatic carbocycles. The van der Waals surface area contributed by atoms with Crippen molar-refractivity contribution >= 4 is 34.5 Å². The zero-order chi connectivity index (χ0) is 24.1. The number of pyridine rings is 1. The quantitative estimate of drug-likeness (QED) is 0.405. The van der Waals surface area contributed by atoms with Crippen LogP contribution in [0.4, 0.5) is 17.6 Å². The van der Waals surface area contributed by atoms with Gasteiger partial charge in [0.15, 0.2) is 11.5 Å². The number of carbonyl (C=O) groups is 1. The molecular formula is C23H33N9O2. The number of anilines is 3. The van der Waals surface area contributed by atoms with Crippen LogP contribution < -0.4 is 20.9 Å². The third kappa shape index (κ3) is 5.42. The van der Waals surface area contributed by atoms with Crippen LogP contribution in [0.1, 0.15) is 35.8 Å². The number of nitrogens with one attached hydrogen (secondary N) is 3. The van der Waals surface area contributed by atoms with Gasteiger partial charge in [-0.05, 0) is 57.5 Å². The van der Waals surface area contributed by atoms with Crippen LogP contribution >= 0.6 is 0 Å². The summed E-state index contributed by atoms with van der Waals surface area (Å²) in [6, 6.07) is 3.98. The molecule has 1 fully saturated rings. The van der Waals surface area contributed by atoms with Gasteiger partial charge in [0.05, 0.1) is 13.2 Å². The normalized spacial score (nSPS) is 14.4. The zero-order valence-corrected chi connectivity index (χ0v) is 20.3. The van der Waals surface area contributed by atoms with Crippen LogP contribution in [-0.4, -0.2) is 77.1 Å². The maximum Gasteiger partial charge on any atom is 0.274 e. The highest BCUT2D eigenvalue weighted by molar-refractivity contribution is 6.06. The summed E-state index contributed by atoms with van der Waals surface area (Å²) in [4.78, 5) is 29.0. The van der Waals surface area contributed by atoms with Crippen molar-refractivity contribution in [3.63, 3.8) is 0 Å². The summed E-state index contributed by atoms with van der Waals surface area (Å²) in [5.74, 6) is 1.44. The van der Waals surface area contributed by atoms with E-state index in [4.69, 9.17) is 14.7 Å². The van der Waals surface area contributed by atoms with Gasteiger partial charge in [0, 0.05) is 32.9 Å². The molecule has 34 heavy (non-hydrogen) atoms. The number of carbonyl (C=O) groups excluding carboxylic acids is 1. The molecule has 0 atom stereocenters. The first-order chi connectivity index (χ1) is 16.5. The summed E-state index contributed by atoms with van der Waals surface area (Å²) in [5.41, 5.74) is 2.50. The molecule has 11 nitrogen and oxygen atoms in total. The Morgan fingerprint density at radius 3 is 2.79 bits per heavy atom. The van der Waals surface area contributed by atoms with Crippen molar-refractivity contribution in [1.29, 1.82) is 0 Å². The summed E-state index contributed by atoms with van der Waals surface area (Å²) in [5, 5.41) is 14.5. The van der Waals surface area contributed by atoms with Crippen LogP contribution in [0.3, 0.4) is 0 Å². The van der Waals surface area contributed by atoms with Gasteiger partial charge in [-0.2, -0.15) is 10.1 Å². The van der Waals surface area contributed by atoms with Gasteiger partial charge in [0.25, 0.3) is 5.91 Å². The number of hydrogen-bond donors (Lipinski definition) is 3. The van der Waals surface area contributed by atoms with Gasteiger partial charge in [0.1, 0.15) is 16.9 Å². The van der Waals surface area contributed by atoms with Crippen LogP contribution in [0.15, 0.2) is 18.3 Å². The van der Waals surface area contributed by atoms with Crippen LogP contribution in [0.25, 0.3) is 11.0 Å². The Kier molecular flexibility index (Phi) is 7.53. The second-order valence-electron chi connectivity index (χ2n) is 8.57. The summed E-state index contributed by atoms with van der Waals surface area (Å²) < 4.78 is 7.31. The SMILES string of the molecule is CCOCCn1nc(C(=O)NC2CCNCC2)c2nc(N(C)C)nc(Nc3cc(C)ccn3)c21. The molecule has 4 heterocycles. The maximum absolute atomic E-state index is 13.3. The number of hydrogen-bond acceptors (Lipinski definition) is 9. The van der Waals surface area contributed by atoms with Crippen molar-refractivity contribution in [2.75, 3.05) is 50.6 Å². The van der Waals surface area contributed by atoms with E-state index in [9.17, 15) is 4.79 Å². The first kappa shape index (κ1) is 23.8. The van der Waals surface area contributed by atoms with Gasteiger partial charge in [0.2, 0.25) is 5.95 Å². The van der Waals surface area contributed by atoms with Crippen molar-refractivity contribution in [1.82, 2.24) is 35.4 Å². The number of amides is 1. The highest BCUT2D eigenvalue weighted by Crippen LogP contribution is 2.28. The molecule has 4 rings (SSSR count). The second-order valence-corrected chi connectivity index (χ2v) is 8.57. The zero-order valence-electron chi connectivity index (χ0n) is 20.3. The molecule has 1 amide bonds. The monoisotopic (exact) mass is 467 g/mol. The van der Waals surface area contributed by atoms with Gasteiger partial charge >= 0.3 is 0 Å². The van der Waals surface area contributed by atoms with E-state index in [1.165, 1.54) is 0 Å². The van der Waals surface area contributed by atoms with Crippen molar-refractivity contribution in [2.45, 2.75) is 39.3 Å². The lowest BCUT2D eigenvalue weighted by atomic mass is 10.1. The third-order valence-electron chi connectivity index (χ3n) is 5.68. The lowest BCUT2D eigenvalue weighted by molar-refractivity contribution is 0.0923. The Balaban J connectivity index is 1.79. The summed E-state index contributed by atoms with van der Waals surface area (Å²) in [6.45, 7) is 7.25. The molecule has 182 valence electrons. The smallest absolute Gasteiger partial charge is 0.274 e. The van der Waals surface area contributed by atoms with E-state index in [2.05, 4.69) is 26.0 Å². The average molecular weight is 468 g/mol. The highest BCUT2D eigenvalue weighted by Gasteiger charge is 2.26. The second kappa shape index (κ2) is 10.7. The van der Waals surface area contributed by atoms with Gasteiger partial charge in [-0.1, -0.05) is 0 Å². The number of nitrogens with zero attached hydrogens (tertiary/aromatic N) is 6. The lowest BCUT2D eigenvalue weighted by Gasteiger charge is -2.23. The average Bonchev–Trinajstić information content (AvgIpc) is 3.19. The number of piperidine rings is 1. The molecule has 1 aliphatic rings. The van der Waals surface area contributed by atoms with Crippen LogP contribution in [-0.2, 0) is 11.3 Å². The van der Waals surface area contributed by atoms with E-state index in [0.29, 0.717) is 48.4 Å². The number of aromatic nitrogens is 5. The number of rotatable bonds is 9. The molecule has 0 saturated carbocycles. The molecule has 1 saturated heterocycles. The lowest BCUT2D eigenvalue weighted by Crippen LogP contribution is -2.42. The number of ether oxygens (including phenoxy) is 1. The maximum atomic E-state index is 13.3. The molecule has 0 radical (unpaired) electrons. The van der Waals surface area contributed by atoms with E-state index >= 15 is 0 Å². The molecule has 3 aromatic heterocycles. The first-order valence-electron chi connectivity index (χ1n) is 11.7. The largest absolute Gasteiger partial charge is 0.380 e. The Morgan fingerprint density at radius 1 is 1.29 bits per heavy atom. The highest BCUT2D eigenvalue weighted by atomic mass is 16.5. The van der Waals surface area contributed by atoms with E-state index in [0.717, 1.165) is 31.5 Å². The van der Waals surface area contributed by atoms with Crippen LogP contribution in [0.2, 0.25) is 0 Å². The van der Waals surface area contributed by atoms with Gasteiger partial charge in [-0.25, -0.2) is 9.97 Å². The molecular weight excluding hydrogens is 434 g/mol. The minimum absolute atomic E-state index is 0.113. The predicted octanol–water partition coefficient (Wildman–Crippen LogP) is 1.86. The van der Waals surface area contributed by atoms with E-state index < -0.39 is 0 Å². The van der Waals surface area contributed by atoms with Crippen molar-refractivity contribution in [3.8, 4) is 0 Å². The molecule has 0 bridgehead atoms. The number of fused-ring (bicyclic) bond motifs is 1. The molecule has 11 heteroatoms. The van der Waals surface area contributed by atoms with E-state index in [-0.39, 0.29) is 17.6 Å². The van der Waals surface area contributed by atoms with Gasteiger partial charge in [-0.3, -0.25) is 9.48 Å². The van der Waals surface area contributed by atoms with Crippen LogP contribution in [0.5, 0.6) is 0 Å². The van der Waals surface area contributed by atoms with Crippen molar-refractivity contribution in [2.24, 2.45) is 0 Å². The Bertz CT molecular complexity index is 1140. The van der Waals surface area contributed by atoms with Crippen LogP contribution in [0, 0.1) is 6.92 Å². The van der Waals surface area contributed by atoms with Crippen molar-refractivity contribution in [3.05, 3.63) is 29.6 Å². The topological polar surface area (TPSA) is 122 Å². The minimum atomic E-state index is -0.227. The van der Waals surface area contributed by atoms with Crippen molar-refractivity contribution < 1.29 is 9.53 Å². The third-order valence-corrected chi connectivity index (χ3v) is 5.68. The number of aryl methyl sites for hydroxylation is 1. The molecule has 3 N–H and O–H groups in total. The van der Waals surface area contributed by atoms with E-state index in [1.807, 2.05) is 40.1 Å². The van der Waals surface area contributed by atoms with Gasteiger partial charge in [-0.15, -0.1) is 0 Å². The first-order valence-corrected chi connectivity index (χ1v) is 11.7. The Morgan fingerprint density at radius 2 is 2.09 bits per heavy atom. The fourth-order valence-corrected chi connectivity index (χ4v) is 3.91. The molecule has 0 unspecified atom stereocenters. The minimum Gasteiger partial charge on any atom is -0.380 e. The Labute approximate surface area is 199 Å². The fraction of sp³-hybridized carbons (Fsp3) is 0.522. The van der Waals surface area contributed by atoms with Gasteiger partial charge < -0.3 is 25.6 Å². The fourth-order valence-electron chi connectivity index (χ4n) is 3.91. The Hall–Kier alpha value is -3.31. The molecule has 3 aromatic rings. The molecule has 1 aliphatic heterocycles.